The molecule has 0 aliphatic carbocycles. The van der Waals surface area contributed by atoms with Gasteiger partial charge in [-0.2, -0.15) is 0 Å². The number of carbonyl (C=O) groups is 1. The van der Waals surface area contributed by atoms with Gasteiger partial charge < -0.3 is 4.90 Å². The Labute approximate surface area is 204 Å². The van der Waals surface area contributed by atoms with Gasteiger partial charge in [0.2, 0.25) is 5.91 Å². The zero-order valence-electron chi connectivity index (χ0n) is 21.4. The topological polar surface area (TPSA) is 20.3 Å². The second-order valence-electron chi connectivity index (χ2n) is 9.54. The summed E-state index contributed by atoms with van der Waals surface area (Å²) in [4.78, 5) is 15.0. The van der Waals surface area contributed by atoms with Gasteiger partial charge in [-0.1, -0.05) is 139 Å². The Hall–Kier alpha value is -0.0500. The van der Waals surface area contributed by atoms with E-state index in [1.165, 1.54) is 128 Å². The minimum atomic E-state index is 0.423. The summed E-state index contributed by atoms with van der Waals surface area (Å²) in [5.74, 6) is 0.423. The Balaban J connectivity index is 4.03. The number of hydrogen-bond acceptors (Lipinski definition) is 1. The molecular weight excluding hydrogens is 446 g/mol. The maximum Gasteiger partial charge on any atom is 0.222 e. The third kappa shape index (κ3) is 22.9. The van der Waals surface area contributed by atoms with Gasteiger partial charge in [-0.05, 0) is 25.7 Å². The summed E-state index contributed by atoms with van der Waals surface area (Å²) in [6.45, 7) is 6.55. The quantitative estimate of drug-likeness (QED) is 0.0898. The fraction of sp³-hybridized carbons (Fsp3) is 0.964. The monoisotopic (exact) mass is 501 g/mol. The lowest BCUT2D eigenvalue weighted by atomic mass is 10.1. The summed E-state index contributed by atoms with van der Waals surface area (Å²) >= 11 is 3.50. The van der Waals surface area contributed by atoms with Crippen LogP contribution in [0.15, 0.2) is 0 Å². The molecule has 0 heterocycles. The lowest BCUT2D eigenvalue weighted by Gasteiger charge is -2.23. The number of unbranched alkanes of at least 4 members (excludes halogenated alkanes) is 18. The normalized spacial score (nSPS) is 11.2. The van der Waals surface area contributed by atoms with E-state index >= 15 is 0 Å². The standard InChI is InChI=1S/C28H56BrNO/c1-3-5-7-9-11-13-18-22-26-30(27-23-19-14-12-10-8-6-4-2)28(31)24-20-16-15-17-21-25-29/h3-27H2,1-2H3. The van der Waals surface area contributed by atoms with Crippen LogP contribution >= 0.6 is 15.9 Å². The molecule has 0 radical (unpaired) electrons. The Bertz CT molecular complexity index is 341. The van der Waals surface area contributed by atoms with Crippen LogP contribution in [-0.2, 0) is 4.79 Å². The Morgan fingerprint density at radius 2 is 0.871 bits per heavy atom. The molecule has 0 atom stereocenters. The Morgan fingerprint density at radius 1 is 0.516 bits per heavy atom. The van der Waals surface area contributed by atoms with Crippen molar-refractivity contribution in [3.63, 3.8) is 0 Å². The first kappa shape index (κ1) is 30.9. The minimum absolute atomic E-state index is 0.423. The van der Waals surface area contributed by atoms with Crippen LogP contribution < -0.4 is 0 Å². The highest BCUT2D eigenvalue weighted by Crippen LogP contribution is 2.13. The summed E-state index contributed by atoms with van der Waals surface area (Å²) in [5, 5.41) is 1.11. The SMILES string of the molecule is CCCCCCCCCCN(CCCCCCCCCC)C(=O)CCCCCCCBr. The van der Waals surface area contributed by atoms with Gasteiger partial charge in [-0.3, -0.25) is 4.79 Å². The van der Waals surface area contributed by atoms with Gasteiger partial charge in [0.25, 0.3) is 0 Å². The molecule has 0 unspecified atom stereocenters. The molecule has 0 aromatic rings. The van der Waals surface area contributed by atoms with Crippen molar-refractivity contribution >= 4 is 21.8 Å². The molecule has 0 fully saturated rings. The van der Waals surface area contributed by atoms with Crippen LogP contribution in [-0.4, -0.2) is 29.2 Å². The Morgan fingerprint density at radius 3 is 1.29 bits per heavy atom. The molecule has 1 amide bonds. The number of hydrogen-bond donors (Lipinski definition) is 0. The van der Waals surface area contributed by atoms with Crippen molar-refractivity contribution in [1.29, 1.82) is 0 Å². The second kappa shape index (κ2) is 26.2. The first-order chi connectivity index (χ1) is 15.3. The Kier molecular flexibility index (Phi) is 26.2. The molecular formula is C28H56BrNO. The number of amides is 1. The molecule has 0 spiro atoms. The van der Waals surface area contributed by atoms with E-state index in [9.17, 15) is 4.79 Å². The lowest BCUT2D eigenvalue weighted by molar-refractivity contribution is -0.131. The fourth-order valence-electron chi connectivity index (χ4n) is 4.29. The van der Waals surface area contributed by atoms with E-state index in [4.69, 9.17) is 0 Å². The van der Waals surface area contributed by atoms with Crippen LogP contribution in [0.1, 0.15) is 155 Å². The molecule has 0 aliphatic rings. The summed E-state index contributed by atoms with van der Waals surface area (Å²) in [6, 6.07) is 0. The van der Waals surface area contributed by atoms with Crippen molar-refractivity contribution in [3.05, 3.63) is 0 Å². The van der Waals surface area contributed by atoms with Gasteiger partial charge in [0.05, 0.1) is 0 Å². The lowest BCUT2D eigenvalue weighted by Crippen LogP contribution is -2.32. The largest absolute Gasteiger partial charge is 0.343 e. The van der Waals surface area contributed by atoms with Gasteiger partial charge in [-0.25, -0.2) is 0 Å². The molecule has 0 N–H and O–H groups in total. The molecule has 2 nitrogen and oxygen atoms in total. The molecule has 3 heteroatoms. The van der Waals surface area contributed by atoms with E-state index in [1.807, 2.05) is 0 Å². The molecule has 0 aromatic carbocycles. The highest BCUT2D eigenvalue weighted by molar-refractivity contribution is 9.09. The molecule has 31 heavy (non-hydrogen) atoms. The van der Waals surface area contributed by atoms with E-state index in [-0.39, 0.29) is 0 Å². The van der Waals surface area contributed by atoms with Crippen LogP contribution in [0.3, 0.4) is 0 Å². The van der Waals surface area contributed by atoms with Gasteiger partial charge in [0.1, 0.15) is 0 Å². The predicted molar refractivity (Wildman–Crippen MR) is 143 cm³/mol. The first-order valence-electron chi connectivity index (χ1n) is 14.1. The number of rotatable bonds is 25. The zero-order valence-corrected chi connectivity index (χ0v) is 23.0. The van der Waals surface area contributed by atoms with Gasteiger partial charge in [-0.15, -0.1) is 0 Å². The van der Waals surface area contributed by atoms with E-state index in [0.29, 0.717) is 5.91 Å². The molecule has 0 saturated heterocycles. The summed E-state index contributed by atoms with van der Waals surface area (Å²) in [5.41, 5.74) is 0. The molecule has 186 valence electrons. The van der Waals surface area contributed by atoms with E-state index in [1.54, 1.807) is 0 Å². The van der Waals surface area contributed by atoms with Crippen molar-refractivity contribution in [2.24, 2.45) is 0 Å². The highest BCUT2D eigenvalue weighted by Gasteiger charge is 2.12. The maximum atomic E-state index is 12.8. The summed E-state index contributed by atoms with van der Waals surface area (Å²) < 4.78 is 0. The average molecular weight is 503 g/mol. The van der Waals surface area contributed by atoms with Crippen molar-refractivity contribution in [2.75, 3.05) is 18.4 Å². The van der Waals surface area contributed by atoms with Crippen molar-refractivity contribution in [3.8, 4) is 0 Å². The number of alkyl halides is 1. The molecule has 0 rings (SSSR count). The summed E-state index contributed by atoms with van der Waals surface area (Å²) in [6.07, 6.45) is 28.3. The van der Waals surface area contributed by atoms with Crippen LogP contribution in [0.25, 0.3) is 0 Å². The first-order valence-corrected chi connectivity index (χ1v) is 15.2. The third-order valence-electron chi connectivity index (χ3n) is 6.44. The maximum absolute atomic E-state index is 12.8. The van der Waals surface area contributed by atoms with Crippen molar-refractivity contribution < 1.29 is 4.79 Å². The zero-order chi connectivity index (χ0) is 22.8. The number of halogens is 1. The summed E-state index contributed by atoms with van der Waals surface area (Å²) in [7, 11) is 0. The fourth-order valence-corrected chi connectivity index (χ4v) is 4.69. The molecule has 0 saturated carbocycles. The van der Waals surface area contributed by atoms with E-state index < -0.39 is 0 Å². The van der Waals surface area contributed by atoms with Crippen LogP contribution in [0, 0.1) is 0 Å². The highest BCUT2D eigenvalue weighted by atomic mass is 79.9. The van der Waals surface area contributed by atoms with E-state index in [0.717, 1.165) is 31.3 Å². The molecule has 0 bridgehead atoms. The minimum Gasteiger partial charge on any atom is -0.343 e. The van der Waals surface area contributed by atoms with Crippen LogP contribution in [0.2, 0.25) is 0 Å². The average Bonchev–Trinajstić information content (AvgIpc) is 2.78. The van der Waals surface area contributed by atoms with Crippen LogP contribution in [0.4, 0.5) is 0 Å². The molecule has 0 aromatic heterocycles. The predicted octanol–water partition coefficient (Wildman–Crippen LogP) is 9.83. The second-order valence-corrected chi connectivity index (χ2v) is 10.3. The third-order valence-corrected chi connectivity index (χ3v) is 7.00. The van der Waals surface area contributed by atoms with Crippen molar-refractivity contribution in [1.82, 2.24) is 4.90 Å². The smallest absolute Gasteiger partial charge is 0.222 e. The van der Waals surface area contributed by atoms with Gasteiger partial charge in [0.15, 0.2) is 0 Å². The van der Waals surface area contributed by atoms with Crippen LogP contribution in [0.5, 0.6) is 0 Å². The number of nitrogens with zero attached hydrogens (tertiary/aromatic N) is 1. The van der Waals surface area contributed by atoms with Gasteiger partial charge >= 0.3 is 0 Å². The van der Waals surface area contributed by atoms with Crippen molar-refractivity contribution in [2.45, 2.75) is 155 Å². The number of carbonyl (C=O) groups excluding carboxylic acids is 1. The molecule has 0 aliphatic heterocycles. The van der Waals surface area contributed by atoms with Gasteiger partial charge in [0, 0.05) is 24.8 Å². The van der Waals surface area contributed by atoms with E-state index in [2.05, 4.69) is 34.7 Å².